The van der Waals surface area contributed by atoms with Crippen LogP contribution in [0.4, 0.5) is 15.1 Å². The van der Waals surface area contributed by atoms with E-state index >= 15 is 0 Å². The van der Waals surface area contributed by atoms with Crippen LogP contribution in [-0.2, 0) is 6.54 Å². The van der Waals surface area contributed by atoms with Crippen molar-refractivity contribution in [1.29, 1.82) is 0 Å². The number of imidazole rings is 1. The Balaban J connectivity index is 1.76. The number of hydrogen-bond donors (Lipinski definition) is 1. The molecular formula is C24H28FN3O3. The lowest BCUT2D eigenvalue weighted by molar-refractivity contribution is 0.144. The summed E-state index contributed by atoms with van der Waals surface area (Å²) < 4.78 is 21.7. The van der Waals surface area contributed by atoms with Gasteiger partial charge in [0.25, 0.3) is 0 Å². The number of carbonyl (C=O) groups is 1. The van der Waals surface area contributed by atoms with Crippen molar-refractivity contribution >= 4 is 23.1 Å². The first-order valence-corrected chi connectivity index (χ1v) is 10.8. The van der Waals surface area contributed by atoms with E-state index < -0.39 is 6.16 Å². The molecule has 3 aromatic rings. The van der Waals surface area contributed by atoms with Crippen LogP contribution in [0.1, 0.15) is 55.7 Å². The second kappa shape index (κ2) is 8.96. The van der Waals surface area contributed by atoms with Gasteiger partial charge in [-0.3, -0.25) is 0 Å². The molecule has 1 aliphatic rings. The second-order valence-corrected chi connectivity index (χ2v) is 8.35. The third-order valence-electron chi connectivity index (χ3n) is 6.06. The van der Waals surface area contributed by atoms with Crippen LogP contribution in [0.3, 0.4) is 0 Å². The minimum atomic E-state index is -1.35. The summed E-state index contributed by atoms with van der Waals surface area (Å²) in [7, 11) is 1.92. The average Bonchev–Trinajstić information content (AvgIpc) is 2.90. The third kappa shape index (κ3) is 4.50. The van der Waals surface area contributed by atoms with Crippen LogP contribution in [0, 0.1) is 12.7 Å². The van der Waals surface area contributed by atoms with Gasteiger partial charge in [-0.25, -0.2) is 14.2 Å². The molecule has 31 heavy (non-hydrogen) atoms. The van der Waals surface area contributed by atoms with E-state index in [9.17, 15) is 9.18 Å². The molecule has 1 saturated carbocycles. The molecular weight excluding hydrogens is 397 g/mol. The van der Waals surface area contributed by atoms with E-state index in [2.05, 4.69) is 4.57 Å². The number of hydrogen-bond acceptors (Lipinski definition) is 4. The molecule has 0 unspecified atom stereocenters. The van der Waals surface area contributed by atoms with Gasteiger partial charge in [-0.05, 0) is 37.5 Å². The summed E-state index contributed by atoms with van der Waals surface area (Å²) in [5, 5.41) is 8.94. The third-order valence-corrected chi connectivity index (χ3v) is 6.06. The molecule has 6 nitrogen and oxygen atoms in total. The lowest BCUT2D eigenvalue weighted by atomic mass is 10.1. The van der Waals surface area contributed by atoms with Crippen LogP contribution in [-0.4, -0.2) is 27.9 Å². The van der Waals surface area contributed by atoms with Gasteiger partial charge in [0.1, 0.15) is 11.6 Å². The van der Waals surface area contributed by atoms with Gasteiger partial charge in [0.05, 0.1) is 11.0 Å². The molecule has 1 aromatic heterocycles. The van der Waals surface area contributed by atoms with Crippen LogP contribution < -0.4 is 9.64 Å². The van der Waals surface area contributed by atoms with Crippen LogP contribution in [0.5, 0.6) is 5.75 Å². The number of fused-ring (bicyclic) bond motifs is 1. The second-order valence-electron chi connectivity index (χ2n) is 8.35. The molecule has 7 heteroatoms. The molecule has 0 aliphatic heterocycles. The smallest absolute Gasteiger partial charge is 0.449 e. The Morgan fingerprint density at radius 2 is 1.97 bits per heavy atom. The van der Waals surface area contributed by atoms with Gasteiger partial charge < -0.3 is 19.3 Å². The van der Waals surface area contributed by atoms with E-state index in [1.807, 2.05) is 24.1 Å². The van der Waals surface area contributed by atoms with E-state index in [0.29, 0.717) is 29.2 Å². The monoisotopic (exact) mass is 425 g/mol. The number of aromatic nitrogens is 2. The maximum atomic E-state index is 14.6. The lowest BCUT2D eigenvalue weighted by Crippen LogP contribution is -2.23. The Kier molecular flexibility index (Phi) is 6.11. The number of rotatable bonds is 5. The number of carboxylic acid groups (broad SMARTS) is 1. The number of ether oxygens (including phenoxy) is 1. The Bertz CT molecular complexity index is 1090. The Labute approximate surface area is 181 Å². The van der Waals surface area contributed by atoms with Gasteiger partial charge in [-0.15, -0.1) is 0 Å². The minimum absolute atomic E-state index is 0.191. The van der Waals surface area contributed by atoms with E-state index in [1.165, 1.54) is 25.7 Å². The maximum absolute atomic E-state index is 14.6. The quantitative estimate of drug-likeness (QED) is 0.305. The first-order chi connectivity index (χ1) is 14.9. The van der Waals surface area contributed by atoms with Crippen LogP contribution >= 0.6 is 0 Å². The molecule has 0 radical (unpaired) electrons. The predicted molar refractivity (Wildman–Crippen MR) is 118 cm³/mol. The number of benzene rings is 2. The van der Waals surface area contributed by atoms with Gasteiger partial charge in [0.2, 0.25) is 5.95 Å². The zero-order valence-electron chi connectivity index (χ0n) is 18.0. The van der Waals surface area contributed by atoms with Crippen LogP contribution in [0.15, 0.2) is 36.4 Å². The topological polar surface area (TPSA) is 67.6 Å². The predicted octanol–water partition coefficient (Wildman–Crippen LogP) is 6.07. The standard InChI is InChI=1S/C24H28FN3O3/c1-16-8-7-9-17(22(16)25)15-27(2)23-26-20-14-19(31-24(29)30)12-13-21(20)28(23)18-10-5-3-4-6-11-18/h7-9,12-14,18H,3-6,10-11,15H2,1-2H3,(H,29,30). The zero-order valence-corrected chi connectivity index (χ0v) is 18.0. The number of halogens is 1. The van der Waals surface area contributed by atoms with Gasteiger partial charge in [-0.2, -0.15) is 0 Å². The molecule has 1 heterocycles. The fourth-order valence-electron chi connectivity index (χ4n) is 4.53. The zero-order chi connectivity index (χ0) is 22.0. The Morgan fingerprint density at radius 3 is 2.68 bits per heavy atom. The summed E-state index contributed by atoms with van der Waals surface area (Å²) in [6, 6.07) is 10.9. The normalized spacial score (nSPS) is 15.1. The molecule has 0 bridgehead atoms. The molecule has 0 spiro atoms. The first kappa shape index (κ1) is 21.2. The number of anilines is 1. The van der Waals surface area contributed by atoms with Crippen molar-refractivity contribution in [2.24, 2.45) is 0 Å². The van der Waals surface area contributed by atoms with Crippen molar-refractivity contribution in [3.63, 3.8) is 0 Å². The minimum Gasteiger partial charge on any atom is -0.449 e. The highest BCUT2D eigenvalue weighted by Gasteiger charge is 2.24. The van der Waals surface area contributed by atoms with Gasteiger partial charge in [0, 0.05) is 31.3 Å². The largest absolute Gasteiger partial charge is 0.511 e. The fraction of sp³-hybridized carbons (Fsp3) is 0.417. The molecule has 1 N–H and O–H groups in total. The van der Waals surface area contributed by atoms with Crippen molar-refractivity contribution in [2.45, 2.75) is 58.0 Å². The molecule has 2 aromatic carbocycles. The summed E-state index contributed by atoms with van der Waals surface area (Å²) in [5.74, 6) is 0.809. The van der Waals surface area contributed by atoms with E-state index in [4.69, 9.17) is 14.8 Å². The first-order valence-electron chi connectivity index (χ1n) is 10.8. The number of aryl methyl sites for hydroxylation is 1. The molecule has 1 fully saturated rings. The molecule has 0 saturated heterocycles. The molecule has 164 valence electrons. The summed E-state index contributed by atoms with van der Waals surface area (Å²) in [5.41, 5.74) is 2.86. The summed E-state index contributed by atoms with van der Waals surface area (Å²) >= 11 is 0. The SMILES string of the molecule is Cc1cccc(CN(C)c2nc3cc(OC(=O)O)ccc3n2C2CCCCCC2)c1F. The van der Waals surface area contributed by atoms with Crippen molar-refractivity contribution in [3.8, 4) is 5.75 Å². The summed E-state index contributed by atoms with van der Waals surface area (Å²) in [6.45, 7) is 2.16. The van der Waals surface area contributed by atoms with Crippen molar-refractivity contribution in [1.82, 2.24) is 9.55 Å². The summed E-state index contributed by atoms with van der Waals surface area (Å²) in [4.78, 5) is 17.7. The molecule has 4 rings (SSSR count). The van der Waals surface area contributed by atoms with Crippen LogP contribution in [0.25, 0.3) is 11.0 Å². The van der Waals surface area contributed by atoms with E-state index in [1.54, 1.807) is 31.2 Å². The maximum Gasteiger partial charge on any atom is 0.511 e. The highest BCUT2D eigenvalue weighted by molar-refractivity contribution is 5.81. The highest BCUT2D eigenvalue weighted by Crippen LogP contribution is 2.36. The van der Waals surface area contributed by atoms with Crippen LogP contribution in [0.2, 0.25) is 0 Å². The van der Waals surface area contributed by atoms with Gasteiger partial charge in [0.15, 0.2) is 0 Å². The lowest BCUT2D eigenvalue weighted by Gasteiger charge is -2.25. The molecule has 0 amide bonds. The average molecular weight is 426 g/mol. The van der Waals surface area contributed by atoms with E-state index in [0.717, 1.165) is 24.3 Å². The van der Waals surface area contributed by atoms with E-state index in [-0.39, 0.29) is 11.6 Å². The Hall–Kier alpha value is -3.09. The Morgan fingerprint density at radius 1 is 1.23 bits per heavy atom. The summed E-state index contributed by atoms with van der Waals surface area (Å²) in [6.07, 6.45) is 5.59. The molecule has 0 atom stereocenters. The van der Waals surface area contributed by atoms with Gasteiger partial charge >= 0.3 is 6.16 Å². The molecule has 1 aliphatic carbocycles. The van der Waals surface area contributed by atoms with Crippen molar-refractivity contribution in [2.75, 3.05) is 11.9 Å². The fourth-order valence-corrected chi connectivity index (χ4v) is 4.53. The van der Waals surface area contributed by atoms with Gasteiger partial charge in [-0.1, -0.05) is 43.9 Å². The van der Waals surface area contributed by atoms with Crippen molar-refractivity contribution < 1.29 is 19.0 Å². The highest BCUT2D eigenvalue weighted by atomic mass is 19.1. The number of nitrogens with zero attached hydrogens (tertiary/aromatic N) is 3. The van der Waals surface area contributed by atoms with Crippen molar-refractivity contribution in [3.05, 3.63) is 53.3 Å².